The van der Waals surface area contributed by atoms with Crippen LogP contribution in [0.4, 0.5) is 8.78 Å². The van der Waals surface area contributed by atoms with E-state index >= 15 is 0 Å². The molecule has 1 aromatic rings. The minimum Gasteiger partial charge on any atom is -0.478 e. The Morgan fingerprint density at radius 1 is 1.69 bits per heavy atom. The number of carboxylic acid groups (broad SMARTS) is 1. The first-order valence-electron chi connectivity index (χ1n) is 3.07. The van der Waals surface area contributed by atoms with Gasteiger partial charge in [0.05, 0.1) is 0 Å². The van der Waals surface area contributed by atoms with E-state index in [1.54, 1.807) is 0 Å². The zero-order chi connectivity index (χ0) is 9.30. The second kappa shape index (κ2) is 4.35. The SMILES string of the molecule is Cn1cc(C(=O)O)c(C(F)F)n1.[Cr]. The molecule has 0 aliphatic heterocycles. The van der Waals surface area contributed by atoms with Gasteiger partial charge in [0.25, 0.3) is 6.43 Å². The van der Waals surface area contributed by atoms with Gasteiger partial charge in [-0.05, 0) is 0 Å². The number of aryl methyl sites for hydroxylation is 1. The van der Waals surface area contributed by atoms with Crippen molar-refractivity contribution in [1.29, 1.82) is 0 Å². The monoisotopic (exact) mass is 228 g/mol. The maximum absolute atomic E-state index is 12.1. The van der Waals surface area contributed by atoms with Gasteiger partial charge in [0.2, 0.25) is 0 Å². The smallest absolute Gasteiger partial charge is 0.339 e. The second-order valence-corrected chi connectivity index (χ2v) is 2.21. The summed E-state index contributed by atoms with van der Waals surface area (Å²) in [6, 6.07) is 0. The number of hydrogen-bond donors (Lipinski definition) is 1. The molecule has 0 saturated carbocycles. The van der Waals surface area contributed by atoms with Crippen LogP contribution in [0, 0.1) is 0 Å². The van der Waals surface area contributed by atoms with E-state index in [0.29, 0.717) is 0 Å². The van der Waals surface area contributed by atoms with E-state index in [2.05, 4.69) is 5.10 Å². The van der Waals surface area contributed by atoms with Gasteiger partial charge in [0.15, 0.2) is 0 Å². The van der Waals surface area contributed by atoms with E-state index in [9.17, 15) is 13.6 Å². The Balaban J connectivity index is 0.00000144. The zero-order valence-electron chi connectivity index (χ0n) is 6.57. The number of nitrogens with zero attached hydrogens (tertiary/aromatic N) is 2. The van der Waals surface area contributed by atoms with Crippen molar-refractivity contribution in [2.75, 3.05) is 0 Å². The van der Waals surface area contributed by atoms with Gasteiger partial charge in [-0.2, -0.15) is 5.10 Å². The van der Waals surface area contributed by atoms with Crippen LogP contribution in [0.3, 0.4) is 0 Å². The third kappa shape index (κ3) is 2.51. The summed E-state index contributed by atoms with van der Waals surface area (Å²) in [5.41, 5.74) is -1.14. The molecule has 0 saturated heterocycles. The molecule has 0 bridgehead atoms. The molecule has 1 aromatic heterocycles. The fourth-order valence-corrected chi connectivity index (χ4v) is 0.832. The molecule has 0 radical (unpaired) electrons. The third-order valence-electron chi connectivity index (χ3n) is 1.29. The minimum absolute atomic E-state index is 0. The van der Waals surface area contributed by atoms with Crippen LogP contribution in [0.25, 0.3) is 0 Å². The molecule has 4 nitrogen and oxygen atoms in total. The number of aromatic nitrogens is 2. The number of carbonyl (C=O) groups is 1. The van der Waals surface area contributed by atoms with E-state index in [4.69, 9.17) is 5.11 Å². The molecular formula is C6H6CrF2N2O2. The minimum atomic E-state index is -2.85. The molecule has 0 aliphatic carbocycles. The number of aromatic carboxylic acids is 1. The normalized spacial score (nSPS) is 9.85. The summed E-state index contributed by atoms with van der Waals surface area (Å²) in [5.74, 6) is -1.39. The van der Waals surface area contributed by atoms with Gasteiger partial charge < -0.3 is 5.11 Å². The van der Waals surface area contributed by atoms with Crippen molar-refractivity contribution in [2.24, 2.45) is 7.05 Å². The largest absolute Gasteiger partial charge is 0.478 e. The summed E-state index contributed by atoms with van der Waals surface area (Å²) in [5, 5.41) is 11.8. The van der Waals surface area contributed by atoms with Gasteiger partial charge in [-0.1, -0.05) is 0 Å². The zero-order valence-corrected chi connectivity index (χ0v) is 7.84. The van der Waals surface area contributed by atoms with E-state index in [-0.39, 0.29) is 17.4 Å². The topological polar surface area (TPSA) is 55.1 Å². The quantitative estimate of drug-likeness (QED) is 0.823. The fourth-order valence-electron chi connectivity index (χ4n) is 0.832. The summed E-state index contributed by atoms with van der Waals surface area (Å²) in [4.78, 5) is 10.4. The molecule has 0 amide bonds. The molecule has 0 aliphatic rings. The number of hydrogen-bond acceptors (Lipinski definition) is 2. The number of halogens is 2. The Morgan fingerprint density at radius 3 is 2.54 bits per heavy atom. The number of rotatable bonds is 2. The third-order valence-corrected chi connectivity index (χ3v) is 1.29. The Hall–Kier alpha value is -0.928. The molecule has 0 fully saturated rings. The predicted molar refractivity (Wildman–Crippen MR) is 35.1 cm³/mol. The van der Waals surface area contributed by atoms with Crippen LogP contribution in [0.2, 0.25) is 0 Å². The van der Waals surface area contributed by atoms with Crippen LogP contribution >= 0.6 is 0 Å². The molecule has 0 unspecified atom stereocenters. The summed E-state index contributed by atoms with van der Waals surface area (Å²) < 4.78 is 25.2. The van der Waals surface area contributed by atoms with Crippen molar-refractivity contribution in [2.45, 2.75) is 6.43 Å². The van der Waals surface area contributed by atoms with Gasteiger partial charge in [-0.15, -0.1) is 0 Å². The Kier molecular flexibility index (Phi) is 4.04. The first-order valence-corrected chi connectivity index (χ1v) is 3.07. The number of carboxylic acids is 1. The van der Waals surface area contributed by atoms with Crippen molar-refractivity contribution in [3.8, 4) is 0 Å². The van der Waals surface area contributed by atoms with Crippen molar-refractivity contribution in [3.63, 3.8) is 0 Å². The summed E-state index contributed by atoms with van der Waals surface area (Å²) in [6.07, 6.45) is -1.80. The number of alkyl halides is 2. The van der Waals surface area contributed by atoms with Gasteiger partial charge in [-0.25, -0.2) is 13.6 Å². The van der Waals surface area contributed by atoms with E-state index in [0.717, 1.165) is 10.9 Å². The maximum Gasteiger partial charge on any atom is 0.339 e. The molecule has 0 aromatic carbocycles. The molecule has 13 heavy (non-hydrogen) atoms. The van der Waals surface area contributed by atoms with E-state index < -0.39 is 23.7 Å². The average Bonchev–Trinajstić information content (AvgIpc) is 2.31. The Labute approximate surface area is 83.3 Å². The molecular weight excluding hydrogens is 222 g/mol. The van der Waals surface area contributed by atoms with Crippen LogP contribution in [0.1, 0.15) is 22.5 Å². The van der Waals surface area contributed by atoms with Gasteiger partial charge >= 0.3 is 5.97 Å². The van der Waals surface area contributed by atoms with Gasteiger partial charge in [0.1, 0.15) is 11.3 Å². The first-order chi connectivity index (χ1) is 5.52. The predicted octanol–water partition coefficient (Wildman–Crippen LogP) is 1.05. The Morgan fingerprint density at radius 2 is 2.23 bits per heavy atom. The van der Waals surface area contributed by atoms with Crippen molar-refractivity contribution in [1.82, 2.24) is 9.78 Å². The van der Waals surface area contributed by atoms with E-state index in [1.165, 1.54) is 7.05 Å². The van der Waals surface area contributed by atoms with Crippen molar-refractivity contribution >= 4 is 5.97 Å². The van der Waals surface area contributed by atoms with Gasteiger partial charge in [-0.3, -0.25) is 4.68 Å². The molecule has 1 N–H and O–H groups in total. The summed E-state index contributed by atoms with van der Waals surface area (Å²) >= 11 is 0. The fraction of sp³-hybridized carbons (Fsp3) is 0.333. The molecule has 72 valence electrons. The maximum atomic E-state index is 12.1. The van der Waals surface area contributed by atoms with Crippen LogP contribution in [0.5, 0.6) is 0 Å². The molecule has 1 heterocycles. The molecule has 0 atom stereocenters. The second-order valence-electron chi connectivity index (χ2n) is 2.21. The van der Waals surface area contributed by atoms with Crippen LogP contribution < -0.4 is 0 Å². The molecule has 1 rings (SSSR count). The van der Waals surface area contributed by atoms with Crippen molar-refractivity contribution in [3.05, 3.63) is 17.5 Å². The van der Waals surface area contributed by atoms with Gasteiger partial charge in [0, 0.05) is 30.6 Å². The average molecular weight is 228 g/mol. The van der Waals surface area contributed by atoms with Crippen LogP contribution in [-0.4, -0.2) is 20.9 Å². The molecule has 0 spiro atoms. The summed E-state index contributed by atoms with van der Waals surface area (Å²) in [7, 11) is 1.39. The molecule has 7 heteroatoms. The van der Waals surface area contributed by atoms with Crippen LogP contribution in [0.15, 0.2) is 6.20 Å². The Bertz CT molecular complexity index is 314. The van der Waals surface area contributed by atoms with E-state index in [1.807, 2.05) is 0 Å². The van der Waals surface area contributed by atoms with Crippen LogP contribution in [-0.2, 0) is 24.4 Å². The standard InChI is InChI=1S/C6H6F2N2O2.Cr/c1-10-2-3(6(11)12)4(9-10)5(7)8;/h2,5H,1H3,(H,11,12);. The first kappa shape index (κ1) is 12.1. The van der Waals surface area contributed by atoms with Crippen molar-refractivity contribution < 1.29 is 36.0 Å². The summed E-state index contributed by atoms with van der Waals surface area (Å²) in [6.45, 7) is 0.